The quantitative estimate of drug-likeness (QED) is 0.868. The highest BCUT2D eigenvalue weighted by Gasteiger charge is 2.46. The average Bonchev–Trinajstić information content (AvgIpc) is 3.25. The van der Waals surface area contributed by atoms with Gasteiger partial charge >= 0.3 is 0 Å². The summed E-state index contributed by atoms with van der Waals surface area (Å²) in [6, 6.07) is 8.18. The highest BCUT2D eigenvalue weighted by Crippen LogP contribution is 2.37. The van der Waals surface area contributed by atoms with Crippen molar-refractivity contribution in [3.8, 4) is 5.75 Å². The van der Waals surface area contributed by atoms with E-state index in [4.69, 9.17) is 9.47 Å². The molecule has 2 aliphatic heterocycles. The first kappa shape index (κ1) is 14.2. The summed E-state index contributed by atoms with van der Waals surface area (Å²) in [6.45, 7) is 3.84. The Bertz CT molecular complexity index is 604. The molecule has 22 heavy (non-hydrogen) atoms. The number of ether oxygens (including phenoxy) is 2. The molecule has 2 aromatic heterocycles. The Balaban J connectivity index is 1.34. The van der Waals surface area contributed by atoms with E-state index in [9.17, 15) is 0 Å². The van der Waals surface area contributed by atoms with Crippen LogP contribution in [0.25, 0.3) is 0 Å². The topological polar surface area (TPSA) is 34.6 Å². The minimum Gasteiger partial charge on any atom is -0.486 e. The van der Waals surface area contributed by atoms with Crippen LogP contribution < -0.4 is 4.74 Å². The molecule has 4 heterocycles. The Morgan fingerprint density at radius 2 is 2.41 bits per heavy atom. The van der Waals surface area contributed by atoms with Crippen molar-refractivity contribution in [2.75, 3.05) is 19.7 Å². The molecule has 116 valence electrons. The van der Waals surface area contributed by atoms with Crippen LogP contribution in [0.15, 0.2) is 42.0 Å². The van der Waals surface area contributed by atoms with E-state index in [1.807, 2.05) is 23.5 Å². The van der Waals surface area contributed by atoms with E-state index in [1.54, 1.807) is 12.4 Å². The molecule has 2 aromatic rings. The first-order valence-corrected chi connectivity index (χ1v) is 8.65. The second kappa shape index (κ2) is 5.99. The fourth-order valence-electron chi connectivity index (χ4n) is 3.46. The molecular formula is C17H20N2O2S. The number of pyridine rings is 1. The summed E-state index contributed by atoms with van der Waals surface area (Å²) in [5.41, 5.74) is -0.00979. The van der Waals surface area contributed by atoms with Crippen molar-refractivity contribution in [2.24, 2.45) is 0 Å². The molecule has 2 atom stereocenters. The monoisotopic (exact) mass is 316 g/mol. The van der Waals surface area contributed by atoms with Gasteiger partial charge in [-0.1, -0.05) is 6.07 Å². The minimum absolute atomic E-state index is 0.00979. The second-order valence-electron chi connectivity index (χ2n) is 6.17. The molecule has 0 N–H and O–H groups in total. The summed E-state index contributed by atoms with van der Waals surface area (Å²) in [5, 5.41) is 2.14. The van der Waals surface area contributed by atoms with Crippen LogP contribution in [0.2, 0.25) is 0 Å². The lowest BCUT2D eigenvalue weighted by Crippen LogP contribution is -2.33. The van der Waals surface area contributed by atoms with E-state index in [0.29, 0.717) is 6.61 Å². The Morgan fingerprint density at radius 1 is 1.41 bits per heavy atom. The fraction of sp³-hybridized carbons (Fsp3) is 0.471. The molecular weight excluding hydrogens is 296 g/mol. The zero-order valence-electron chi connectivity index (χ0n) is 12.5. The van der Waals surface area contributed by atoms with Gasteiger partial charge < -0.3 is 9.47 Å². The zero-order valence-corrected chi connectivity index (χ0v) is 13.3. The van der Waals surface area contributed by atoms with E-state index in [1.165, 1.54) is 4.88 Å². The van der Waals surface area contributed by atoms with Crippen LogP contribution in [0, 0.1) is 0 Å². The molecule has 0 aliphatic carbocycles. The van der Waals surface area contributed by atoms with Crippen molar-refractivity contribution < 1.29 is 9.47 Å². The highest BCUT2D eigenvalue weighted by atomic mass is 32.1. The normalized spacial score (nSPS) is 28.5. The van der Waals surface area contributed by atoms with Gasteiger partial charge in [0.25, 0.3) is 0 Å². The predicted molar refractivity (Wildman–Crippen MR) is 86.2 cm³/mol. The van der Waals surface area contributed by atoms with Crippen LogP contribution in [0.1, 0.15) is 17.7 Å². The van der Waals surface area contributed by atoms with Crippen molar-refractivity contribution in [3.63, 3.8) is 0 Å². The largest absolute Gasteiger partial charge is 0.486 e. The molecule has 2 aliphatic rings. The van der Waals surface area contributed by atoms with Gasteiger partial charge in [-0.2, -0.15) is 0 Å². The van der Waals surface area contributed by atoms with E-state index < -0.39 is 0 Å². The van der Waals surface area contributed by atoms with E-state index in [0.717, 1.165) is 38.2 Å². The summed E-state index contributed by atoms with van der Waals surface area (Å²) in [6.07, 6.45) is 5.75. The standard InChI is InChI=1S/C17H20N2O2S/c1-3-14(10-18-6-1)21-15-9-17(20-12-15)5-7-19(13-17)11-16-4-2-8-22-16/h1-4,6,8,10,15H,5,7,9,11-13H2/t15-,17-/m1/s1. The molecule has 4 rings (SSSR count). The van der Waals surface area contributed by atoms with E-state index in [2.05, 4.69) is 27.4 Å². The molecule has 0 unspecified atom stereocenters. The maximum atomic E-state index is 6.15. The molecule has 0 bridgehead atoms. The minimum atomic E-state index is -0.00979. The SMILES string of the molecule is c1cncc(O[C@H]2CO[C@]3(CCN(Cc4cccs4)C3)C2)c1. The highest BCUT2D eigenvalue weighted by molar-refractivity contribution is 7.09. The molecule has 1 spiro atoms. The van der Waals surface area contributed by atoms with Crippen LogP contribution in [0.4, 0.5) is 0 Å². The molecule has 0 amide bonds. The van der Waals surface area contributed by atoms with Crippen molar-refractivity contribution in [3.05, 3.63) is 46.9 Å². The fourth-order valence-corrected chi connectivity index (χ4v) is 4.20. The molecule has 0 aromatic carbocycles. The van der Waals surface area contributed by atoms with Gasteiger partial charge in [0.1, 0.15) is 11.9 Å². The van der Waals surface area contributed by atoms with Gasteiger partial charge in [-0.05, 0) is 30.0 Å². The van der Waals surface area contributed by atoms with Crippen molar-refractivity contribution in [1.82, 2.24) is 9.88 Å². The Hall–Kier alpha value is -1.43. The number of nitrogens with zero attached hydrogens (tertiary/aromatic N) is 2. The average molecular weight is 316 g/mol. The number of rotatable bonds is 4. The third kappa shape index (κ3) is 3.02. The Labute approximate surface area is 134 Å². The van der Waals surface area contributed by atoms with Crippen molar-refractivity contribution in [1.29, 1.82) is 0 Å². The third-order valence-electron chi connectivity index (χ3n) is 4.47. The number of hydrogen-bond donors (Lipinski definition) is 0. The molecule has 0 saturated carbocycles. The number of likely N-dealkylation sites (tertiary alicyclic amines) is 1. The third-order valence-corrected chi connectivity index (χ3v) is 5.33. The van der Waals surface area contributed by atoms with Gasteiger partial charge in [-0.15, -0.1) is 11.3 Å². The van der Waals surface area contributed by atoms with Gasteiger partial charge in [0.2, 0.25) is 0 Å². The van der Waals surface area contributed by atoms with Crippen molar-refractivity contribution in [2.45, 2.75) is 31.1 Å². The van der Waals surface area contributed by atoms with Gasteiger partial charge in [-0.3, -0.25) is 9.88 Å². The first-order valence-electron chi connectivity index (χ1n) is 7.77. The molecule has 5 heteroatoms. The molecule has 0 radical (unpaired) electrons. The molecule has 2 fully saturated rings. The summed E-state index contributed by atoms with van der Waals surface area (Å²) in [7, 11) is 0. The maximum Gasteiger partial charge on any atom is 0.138 e. The predicted octanol–water partition coefficient (Wildman–Crippen LogP) is 2.96. The van der Waals surface area contributed by atoms with Crippen molar-refractivity contribution >= 4 is 11.3 Å². The van der Waals surface area contributed by atoms with Crippen LogP contribution in [-0.4, -0.2) is 41.3 Å². The Morgan fingerprint density at radius 3 is 3.23 bits per heavy atom. The summed E-state index contributed by atoms with van der Waals surface area (Å²) < 4.78 is 12.2. The van der Waals surface area contributed by atoms with Gasteiger partial charge in [0, 0.05) is 37.1 Å². The molecule has 2 saturated heterocycles. The summed E-state index contributed by atoms with van der Waals surface area (Å²) in [4.78, 5) is 8.02. The number of thiophene rings is 1. The summed E-state index contributed by atoms with van der Waals surface area (Å²) in [5.74, 6) is 0.835. The number of hydrogen-bond acceptors (Lipinski definition) is 5. The smallest absolute Gasteiger partial charge is 0.138 e. The lowest BCUT2D eigenvalue weighted by atomic mass is 9.98. The van der Waals surface area contributed by atoms with Gasteiger partial charge in [-0.25, -0.2) is 0 Å². The van der Waals surface area contributed by atoms with Gasteiger partial charge in [0.05, 0.1) is 18.4 Å². The van der Waals surface area contributed by atoms with Crippen LogP contribution in [0.5, 0.6) is 5.75 Å². The Kier molecular flexibility index (Phi) is 3.86. The molecule has 4 nitrogen and oxygen atoms in total. The van der Waals surface area contributed by atoms with Crippen LogP contribution in [-0.2, 0) is 11.3 Å². The summed E-state index contributed by atoms with van der Waals surface area (Å²) >= 11 is 1.83. The second-order valence-corrected chi connectivity index (χ2v) is 7.20. The first-order chi connectivity index (χ1) is 10.8. The number of aromatic nitrogens is 1. The maximum absolute atomic E-state index is 6.15. The van der Waals surface area contributed by atoms with Gasteiger partial charge in [0.15, 0.2) is 0 Å². The lowest BCUT2D eigenvalue weighted by Gasteiger charge is -2.23. The van der Waals surface area contributed by atoms with Crippen LogP contribution >= 0.6 is 11.3 Å². The van der Waals surface area contributed by atoms with E-state index >= 15 is 0 Å². The lowest BCUT2D eigenvalue weighted by molar-refractivity contribution is 0.00940. The van der Waals surface area contributed by atoms with E-state index in [-0.39, 0.29) is 11.7 Å². The zero-order chi connectivity index (χ0) is 14.8. The van der Waals surface area contributed by atoms with Crippen LogP contribution in [0.3, 0.4) is 0 Å².